The zero-order valence-electron chi connectivity index (χ0n) is 34.3. The van der Waals surface area contributed by atoms with Crippen molar-refractivity contribution in [2.45, 2.75) is 186 Å². The molecule has 4 N–H and O–H groups in total. The number of likely N-dealkylation sites (tertiary alicyclic amines) is 1. The molecule has 54 heavy (non-hydrogen) atoms. The summed E-state index contributed by atoms with van der Waals surface area (Å²) in [5.74, 6) is -2.06. The topological polar surface area (TPSA) is 171 Å². The second-order valence-electron chi connectivity index (χ2n) is 19.4. The fourth-order valence-electron chi connectivity index (χ4n) is 9.08. The number of carbonyl (C=O) groups is 5. The summed E-state index contributed by atoms with van der Waals surface area (Å²) in [5, 5.41) is 11.9. The molecule has 12 nitrogen and oxygen atoms in total. The molecule has 5 aliphatic rings. The van der Waals surface area contributed by atoms with Crippen molar-refractivity contribution in [3.8, 4) is 0 Å². The Kier molecular flexibility index (Phi) is 12.6. The Morgan fingerprint density at radius 2 is 1.54 bits per heavy atom. The minimum atomic E-state index is -3.58. The molecule has 0 aromatic carbocycles. The molecule has 5 amide bonds. The molecule has 13 heteroatoms. The van der Waals surface area contributed by atoms with Crippen LogP contribution in [0.4, 0.5) is 4.79 Å². The Balaban J connectivity index is 1.39. The van der Waals surface area contributed by atoms with Gasteiger partial charge in [0.15, 0.2) is 9.84 Å². The zero-order chi connectivity index (χ0) is 39.9. The summed E-state index contributed by atoms with van der Waals surface area (Å²) in [4.78, 5) is 71.3. The second kappa shape index (κ2) is 16.0. The fourth-order valence-corrected chi connectivity index (χ4v) is 11.0. The smallest absolute Gasteiger partial charge is 0.315 e. The number of urea groups is 1. The normalized spacial score (nSPS) is 25.9. The number of sulfone groups is 1. The Labute approximate surface area is 324 Å². The molecule has 4 saturated carbocycles. The molecule has 5 fully saturated rings. The lowest BCUT2D eigenvalue weighted by Crippen LogP contribution is -2.64. The summed E-state index contributed by atoms with van der Waals surface area (Å²) in [5.41, 5.74) is -1.85. The van der Waals surface area contributed by atoms with Crippen molar-refractivity contribution >= 4 is 39.4 Å². The number of amides is 5. The van der Waals surface area contributed by atoms with E-state index >= 15 is 0 Å². The molecule has 3 unspecified atom stereocenters. The molecular formula is C41H69N5O7S. The lowest BCUT2D eigenvalue weighted by atomic mass is 9.78. The Bertz CT molecular complexity index is 1540. The van der Waals surface area contributed by atoms with Gasteiger partial charge in [-0.3, -0.25) is 19.2 Å². The average Bonchev–Trinajstić information content (AvgIpc) is 4.06. The van der Waals surface area contributed by atoms with E-state index in [9.17, 15) is 32.4 Å². The van der Waals surface area contributed by atoms with Gasteiger partial charge in [-0.15, -0.1) is 0 Å². The van der Waals surface area contributed by atoms with E-state index in [-0.39, 0.29) is 40.9 Å². The van der Waals surface area contributed by atoms with E-state index in [0.717, 1.165) is 64.2 Å². The summed E-state index contributed by atoms with van der Waals surface area (Å²) in [7, 11) is -3.58. The summed E-state index contributed by atoms with van der Waals surface area (Å²) in [6.07, 6.45) is 11.5. The first kappa shape index (κ1) is 42.4. The quantitative estimate of drug-likeness (QED) is 0.103. The Morgan fingerprint density at radius 1 is 0.889 bits per heavy atom. The van der Waals surface area contributed by atoms with E-state index in [4.69, 9.17) is 0 Å². The van der Waals surface area contributed by atoms with Crippen LogP contribution in [0.15, 0.2) is 0 Å². The predicted octanol–water partition coefficient (Wildman–Crippen LogP) is 5.18. The van der Waals surface area contributed by atoms with Crippen molar-refractivity contribution in [1.82, 2.24) is 26.2 Å². The van der Waals surface area contributed by atoms with Gasteiger partial charge in [-0.05, 0) is 87.4 Å². The van der Waals surface area contributed by atoms with Crippen molar-refractivity contribution in [2.75, 3.05) is 12.3 Å². The van der Waals surface area contributed by atoms with E-state index in [1.54, 1.807) is 18.7 Å². The third kappa shape index (κ3) is 9.45. The fraction of sp³-hybridized carbons (Fsp3) is 0.878. The van der Waals surface area contributed by atoms with Crippen LogP contribution in [0.5, 0.6) is 0 Å². The molecule has 5 atom stereocenters. The van der Waals surface area contributed by atoms with Gasteiger partial charge >= 0.3 is 6.03 Å². The standard InChI is InChI=1S/C41H69N5O7S/c1-9-11-13-20-38(3,4)33(44-37(51)45-41(21-14-12-15-22-41)25-54(52,53)39(5,6)10-2)36(50)46-24-28-30(40(28,7)8)31(46)34(48)43-29(23-26-16-17-26)32(47)35(49)42-27-18-19-27/h26-31,33H,9-25H2,1-8H3,(H,42,49)(H,43,48)(H2,44,45,51)/t28?,29?,30?,31-,33+/m0/s1. The predicted molar refractivity (Wildman–Crippen MR) is 209 cm³/mol. The lowest BCUT2D eigenvalue weighted by molar-refractivity contribution is -0.145. The molecule has 0 bridgehead atoms. The molecule has 4 aliphatic carbocycles. The van der Waals surface area contributed by atoms with Crippen LogP contribution in [0.2, 0.25) is 0 Å². The van der Waals surface area contributed by atoms with Crippen LogP contribution in [-0.2, 0) is 29.0 Å². The third-order valence-electron chi connectivity index (χ3n) is 13.9. The number of carbonyl (C=O) groups excluding carboxylic acids is 5. The van der Waals surface area contributed by atoms with Crippen molar-refractivity contribution in [3.63, 3.8) is 0 Å². The van der Waals surface area contributed by atoms with Gasteiger partial charge in [0.05, 0.1) is 22.1 Å². The van der Waals surface area contributed by atoms with Gasteiger partial charge in [0, 0.05) is 12.6 Å². The summed E-state index contributed by atoms with van der Waals surface area (Å²) >= 11 is 0. The minimum absolute atomic E-state index is 0.0117. The first-order valence-electron chi connectivity index (χ1n) is 20.9. The Hall–Kier alpha value is -2.70. The van der Waals surface area contributed by atoms with Crippen molar-refractivity contribution in [1.29, 1.82) is 0 Å². The molecule has 0 aromatic heterocycles. The molecule has 1 aliphatic heterocycles. The zero-order valence-corrected chi connectivity index (χ0v) is 35.1. The maximum atomic E-state index is 14.9. The molecular weight excluding hydrogens is 707 g/mol. The van der Waals surface area contributed by atoms with Crippen LogP contribution in [0.25, 0.3) is 0 Å². The van der Waals surface area contributed by atoms with Gasteiger partial charge in [0.1, 0.15) is 12.1 Å². The van der Waals surface area contributed by atoms with Gasteiger partial charge in [0.25, 0.3) is 5.91 Å². The maximum absolute atomic E-state index is 14.9. The highest BCUT2D eigenvalue weighted by Gasteiger charge is 2.70. The number of piperidine rings is 1. The van der Waals surface area contributed by atoms with Crippen LogP contribution in [0, 0.1) is 28.6 Å². The summed E-state index contributed by atoms with van der Waals surface area (Å²) in [6, 6.07) is -3.39. The van der Waals surface area contributed by atoms with Crippen molar-refractivity contribution < 1.29 is 32.4 Å². The van der Waals surface area contributed by atoms with Crippen LogP contribution in [0.1, 0.15) is 152 Å². The first-order valence-corrected chi connectivity index (χ1v) is 22.6. The molecule has 1 heterocycles. The monoisotopic (exact) mass is 775 g/mol. The van der Waals surface area contributed by atoms with E-state index in [0.29, 0.717) is 38.6 Å². The minimum Gasteiger partial charge on any atom is -0.347 e. The van der Waals surface area contributed by atoms with Gasteiger partial charge in [-0.2, -0.15) is 0 Å². The molecule has 5 rings (SSSR count). The lowest BCUT2D eigenvalue weighted by Gasteiger charge is -2.42. The summed E-state index contributed by atoms with van der Waals surface area (Å²) in [6.45, 7) is 15.9. The number of nitrogens with zero attached hydrogens (tertiary/aromatic N) is 1. The number of unbranched alkanes of at least 4 members (excludes halogenated alkanes) is 2. The van der Waals surface area contributed by atoms with Gasteiger partial charge in [-0.1, -0.05) is 92.9 Å². The maximum Gasteiger partial charge on any atom is 0.315 e. The largest absolute Gasteiger partial charge is 0.347 e. The van der Waals surface area contributed by atoms with E-state index in [1.165, 1.54) is 0 Å². The highest BCUT2D eigenvalue weighted by atomic mass is 32.2. The third-order valence-corrected chi connectivity index (χ3v) is 16.8. The molecule has 1 saturated heterocycles. The van der Waals surface area contributed by atoms with Crippen molar-refractivity contribution in [3.05, 3.63) is 0 Å². The number of hydrogen-bond acceptors (Lipinski definition) is 7. The van der Waals surface area contributed by atoms with Crippen LogP contribution in [0.3, 0.4) is 0 Å². The van der Waals surface area contributed by atoms with E-state index in [2.05, 4.69) is 42.0 Å². The molecule has 0 aromatic rings. The molecule has 0 spiro atoms. The Morgan fingerprint density at radius 3 is 2.11 bits per heavy atom. The number of rotatable bonds is 19. The highest BCUT2D eigenvalue weighted by molar-refractivity contribution is 7.92. The SMILES string of the molecule is CCCCCC(C)(C)[C@H](NC(=O)NC1(CS(=O)(=O)C(C)(C)CC)CCCCC1)C(=O)N1CC2C([C@H]1C(=O)NC(CC1CC1)C(=O)C(=O)NC1CC1)C2(C)C. The van der Waals surface area contributed by atoms with Gasteiger partial charge in [0.2, 0.25) is 17.6 Å². The molecule has 306 valence electrons. The van der Waals surface area contributed by atoms with E-state index in [1.807, 2.05) is 20.8 Å². The van der Waals surface area contributed by atoms with E-state index < -0.39 is 67.3 Å². The number of nitrogens with one attached hydrogen (secondary N) is 4. The van der Waals surface area contributed by atoms with Crippen LogP contribution < -0.4 is 21.3 Å². The molecule has 0 radical (unpaired) electrons. The highest BCUT2D eigenvalue weighted by Crippen LogP contribution is 2.65. The average molecular weight is 776 g/mol. The second-order valence-corrected chi connectivity index (χ2v) is 22.1. The number of Topliss-reactive ketones (excluding diaryl/α,β-unsaturated/α-hetero) is 1. The summed E-state index contributed by atoms with van der Waals surface area (Å²) < 4.78 is 26.4. The first-order chi connectivity index (χ1) is 25.2. The van der Waals surface area contributed by atoms with Crippen molar-refractivity contribution in [2.24, 2.45) is 28.6 Å². The number of ketones is 1. The van der Waals surface area contributed by atoms with Crippen LogP contribution >= 0.6 is 0 Å². The van der Waals surface area contributed by atoms with Gasteiger partial charge in [-0.25, -0.2) is 13.2 Å². The van der Waals surface area contributed by atoms with Crippen LogP contribution in [-0.4, -0.2) is 89.6 Å². The number of fused-ring (bicyclic) bond motifs is 1. The van der Waals surface area contributed by atoms with Gasteiger partial charge < -0.3 is 26.2 Å². The number of hydrogen-bond donors (Lipinski definition) is 4.